The Kier molecular flexibility index (Phi) is 4.26. The molecule has 1 heterocycles. The molecule has 1 atom stereocenters. The number of aromatic nitrogens is 1. The molecule has 1 aromatic heterocycles. The van der Waals surface area contributed by atoms with Crippen molar-refractivity contribution < 1.29 is 8.42 Å². The van der Waals surface area contributed by atoms with Gasteiger partial charge in [0, 0.05) is 11.3 Å². The van der Waals surface area contributed by atoms with Crippen LogP contribution in [0.2, 0.25) is 0 Å². The summed E-state index contributed by atoms with van der Waals surface area (Å²) in [7, 11) is -3.57. The van der Waals surface area contributed by atoms with Gasteiger partial charge < -0.3 is 0 Å². The molecule has 2 rings (SSSR count). The normalized spacial score (nSPS) is 13.1. The van der Waals surface area contributed by atoms with Gasteiger partial charge in [-0.1, -0.05) is 18.2 Å². The van der Waals surface area contributed by atoms with Crippen LogP contribution >= 0.6 is 11.6 Å². The van der Waals surface area contributed by atoms with Gasteiger partial charge in [0.2, 0.25) is 0 Å². The minimum atomic E-state index is -3.57. The van der Waals surface area contributed by atoms with Crippen LogP contribution in [0.1, 0.15) is 18.9 Å². The third-order valence-corrected chi connectivity index (χ3v) is 5.46. The average Bonchev–Trinajstić information content (AvgIpc) is 2.46. The number of pyridine rings is 1. The van der Waals surface area contributed by atoms with Crippen molar-refractivity contribution >= 4 is 32.3 Å². The van der Waals surface area contributed by atoms with Gasteiger partial charge in [-0.15, -0.1) is 11.6 Å². The Balaban J connectivity index is 2.65. The van der Waals surface area contributed by atoms with E-state index < -0.39 is 15.1 Å². The highest BCUT2D eigenvalue weighted by atomic mass is 35.5. The van der Waals surface area contributed by atoms with Gasteiger partial charge in [0.15, 0.2) is 14.9 Å². The molecule has 0 aliphatic carbocycles. The molecule has 0 fully saturated rings. The maximum absolute atomic E-state index is 12.4. The van der Waals surface area contributed by atoms with Crippen molar-refractivity contribution in [3.63, 3.8) is 0 Å². The maximum atomic E-state index is 12.4. The number of hydrogen-bond acceptors (Lipinski definition) is 4. The van der Waals surface area contributed by atoms with Crippen LogP contribution < -0.4 is 0 Å². The number of para-hydroxylation sites is 1. The first-order valence-electron chi connectivity index (χ1n) is 6.10. The second-order valence-electron chi connectivity index (χ2n) is 4.47. The molecule has 1 aromatic carbocycles. The third kappa shape index (κ3) is 2.62. The van der Waals surface area contributed by atoms with E-state index in [1.165, 1.54) is 6.07 Å². The zero-order valence-corrected chi connectivity index (χ0v) is 12.4. The van der Waals surface area contributed by atoms with E-state index in [-0.39, 0.29) is 10.9 Å². The van der Waals surface area contributed by atoms with Crippen molar-refractivity contribution in [2.75, 3.05) is 5.88 Å². The lowest BCUT2D eigenvalue weighted by molar-refractivity contribution is 0.578. The van der Waals surface area contributed by atoms with Gasteiger partial charge in [-0.2, -0.15) is 5.26 Å². The number of sulfone groups is 1. The Morgan fingerprint density at radius 2 is 2.10 bits per heavy atom. The fourth-order valence-electron chi connectivity index (χ4n) is 1.90. The van der Waals surface area contributed by atoms with Crippen LogP contribution in [0.3, 0.4) is 0 Å². The molecular weight excluding hydrogens is 296 g/mol. The molecule has 0 amide bonds. The van der Waals surface area contributed by atoms with Crippen molar-refractivity contribution in [2.24, 2.45) is 0 Å². The summed E-state index contributed by atoms with van der Waals surface area (Å²) < 4.78 is 24.8. The predicted octanol–water partition coefficient (Wildman–Crippen LogP) is 2.90. The standard InChI is InChI=1S/C14H13ClN2O2S/c1-10(6-7-15)20(18,19)14-8-11(9-16)12-4-2-3-5-13(12)17-14/h2-5,8,10H,6-7H2,1H3. The van der Waals surface area contributed by atoms with Gasteiger partial charge in [-0.3, -0.25) is 0 Å². The summed E-state index contributed by atoms with van der Waals surface area (Å²) in [5.41, 5.74) is 0.815. The van der Waals surface area contributed by atoms with Gasteiger partial charge in [0.1, 0.15) is 0 Å². The zero-order valence-electron chi connectivity index (χ0n) is 10.9. The van der Waals surface area contributed by atoms with E-state index in [2.05, 4.69) is 4.98 Å². The highest BCUT2D eigenvalue weighted by Gasteiger charge is 2.25. The Morgan fingerprint density at radius 1 is 1.40 bits per heavy atom. The molecule has 4 nitrogen and oxygen atoms in total. The molecule has 2 aromatic rings. The van der Waals surface area contributed by atoms with Gasteiger partial charge in [0.25, 0.3) is 0 Å². The second-order valence-corrected chi connectivity index (χ2v) is 7.16. The lowest BCUT2D eigenvalue weighted by Gasteiger charge is -2.12. The Labute approximate surface area is 122 Å². The highest BCUT2D eigenvalue weighted by molar-refractivity contribution is 7.92. The molecule has 104 valence electrons. The molecule has 0 spiro atoms. The molecule has 20 heavy (non-hydrogen) atoms. The molecular formula is C14H13ClN2O2S. The molecule has 0 saturated carbocycles. The van der Waals surface area contributed by atoms with Crippen molar-refractivity contribution in [3.05, 3.63) is 35.9 Å². The van der Waals surface area contributed by atoms with Crippen LogP contribution in [-0.4, -0.2) is 24.5 Å². The lowest BCUT2D eigenvalue weighted by Crippen LogP contribution is -2.20. The largest absolute Gasteiger partial charge is 0.236 e. The first kappa shape index (κ1) is 14.8. The molecule has 0 bridgehead atoms. The van der Waals surface area contributed by atoms with E-state index >= 15 is 0 Å². The third-order valence-electron chi connectivity index (χ3n) is 3.15. The maximum Gasteiger partial charge on any atom is 0.198 e. The van der Waals surface area contributed by atoms with Crippen LogP contribution in [0.25, 0.3) is 10.9 Å². The Bertz CT molecular complexity index is 781. The fraction of sp³-hybridized carbons (Fsp3) is 0.286. The fourth-order valence-corrected chi connectivity index (χ4v) is 3.71. The van der Waals surface area contributed by atoms with Gasteiger partial charge in [0.05, 0.1) is 22.4 Å². The quantitative estimate of drug-likeness (QED) is 0.814. The smallest absolute Gasteiger partial charge is 0.198 e. The summed E-state index contributed by atoms with van der Waals surface area (Å²) >= 11 is 5.61. The summed E-state index contributed by atoms with van der Waals surface area (Å²) in [6.45, 7) is 1.60. The van der Waals surface area contributed by atoms with Crippen molar-refractivity contribution in [3.8, 4) is 6.07 Å². The molecule has 6 heteroatoms. The van der Waals surface area contributed by atoms with Crippen LogP contribution in [0.4, 0.5) is 0 Å². The van der Waals surface area contributed by atoms with E-state index in [1.807, 2.05) is 6.07 Å². The summed E-state index contributed by atoms with van der Waals surface area (Å²) in [5, 5.41) is 9.14. The van der Waals surface area contributed by atoms with Crippen molar-refractivity contribution in [2.45, 2.75) is 23.6 Å². The van der Waals surface area contributed by atoms with E-state index in [4.69, 9.17) is 11.6 Å². The Hall–Kier alpha value is -1.64. The predicted molar refractivity (Wildman–Crippen MR) is 78.4 cm³/mol. The van der Waals surface area contributed by atoms with E-state index in [1.54, 1.807) is 31.2 Å². The second kappa shape index (κ2) is 5.78. The van der Waals surface area contributed by atoms with Gasteiger partial charge in [-0.05, 0) is 25.5 Å². The van der Waals surface area contributed by atoms with E-state index in [0.29, 0.717) is 22.9 Å². The number of alkyl halides is 1. The topological polar surface area (TPSA) is 70.8 Å². The SMILES string of the molecule is CC(CCCl)S(=O)(=O)c1cc(C#N)c2ccccc2n1. The molecule has 0 saturated heterocycles. The number of nitrogens with zero attached hydrogens (tertiary/aromatic N) is 2. The number of fused-ring (bicyclic) bond motifs is 1. The molecule has 1 unspecified atom stereocenters. The molecule has 0 N–H and O–H groups in total. The summed E-state index contributed by atoms with van der Waals surface area (Å²) in [4.78, 5) is 4.18. The van der Waals surface area contributed by atoms with Crippen LogP contribution in [0.15, 0.2) is 35.4 Å². The molecule has 0 aliphatic rings. The van der Waals surface area contributed by atoms with Gasteiger partial charge >= 0.3 is 0 Å². The average molecular weight is 309 g/mol. The van der Waals surface area contributed by atoms with Gasteiger partial charge in [-0.25, -0.2) is 13.4 Å². The highest BCUT2D eigenvalue weighted by Crippen LogP contribution is 2.23. The first-order chi connectivity index (χ1) is 9.50. The van der Waals surface area contributed by atoms with E-state index in [9.17, 15) is 13.7 Å². The first-order valence-corrected chi connectivity index (χ1v) is 8.18. The van der Waals surface area contributed by atoms with Crippen molar-refractivity contribution in [1.82, 2.24) is 4.98 Å². The summed E-state index contributed by atoms with van der Waals surface area (Å²) in [6, 6.07) is 10.3. The monoisotopic (exact) mass is 308 g/mol. The minimum absolute atomic E-state index is 0.0645. The number of benzene rings is 1. The molecule has 0 aliphatic heterocycles. The van der Waals surface area contributed by atoms with E-state index in [0.717, 1.165) is 0 Å². The summed E-state index contributed by atoms with van der Waals surface area (Å²) in [6.07, 6.45) is 0.348. The van der Waals surface area contributed by atoms with Crippen molar-refractivity contribution in [1.29, 1.82) is 5.26 Å². The molecule has 0 radical (unpaired) electrons. The van der Waals surface area contributed by atoms with Crippen LogP contribution in [-0.2, 0) is 9.84 Å². The Morgan fingerprint density at radius 3 is 2.75 bits per heavy atom. The summed E-state index contributed by atoms with van der Waals surface area (Å²) in [5.74, 6) is 0.263. The number of halogens is 1. The number of hydrogen-bond donors (Lipinski definition) is 0. The van der Waals surface area contributed by atoms with Crippen LogP contribution in [0, 0.1) is 11.3 Å². The number of rotatable bonds is 4. The van der Waals surface area contributed by atoms with Crippen LogP contribution in [0.5, 0.6) is 0 Å². The zero-order chi connectivity index (χ0) is 14.8. The lowest BCUT2D eigenvalue weighted by atomic mass is 10.1. The number of nitriles is 1. The minimum Gasteiger partial charge on any atom is -0.236 e.